The van der Waals surface area contributed by atoms with Crippen molar-refractivity contribution in [2.75, 3.05) is 18.5 Å². The highest BCUT2D eigenvalue weighted by atomic mass is 32.2. The first-order valence-electron chi connectivity index (χ1n) is 10.2. The largest absolute Gasteiger partial charge is 0.497 e. The second kappa shape index (κ2) is 10.5. The summed E-state index contributed by atoms with van der Waals surface area (Å²) >= 11 is 0. The molecule has 0 heterocycles. The summed E-state index contributed by atoms with van der Waals surface area (Å²) in [5.74, 6) is -0.0332. The lowest BCUT2D eigenvalue weighted by Crippen LogP contribution is -2.29. The molecule has 0 aliphatic carbocycles. The highest BCUT2D eigenvalue weighted by Gasteiger charge is 2.23. The van der Waals surface area contributed by atoms with Gasteiger partial charge in [0.25, 0.3) is 15.9 Å². The SMILES string of the molecule is COc1ccc(N(C)S(=O)(=O)c2cccc(C(=O)NC(C)c3ccccc3OC(F)F)c2)cc1. The van der Waals surface area contributed by atoms with Crippen molar-refractivity contribution in [1.82, 2.24) is 5.32 Å². The number of benzene rings is 3. The topological polar surface area (TPSA) is 84.9 Å². The highest BCUT2D eigenvalue weighted by Crippen LogP contribution is 2.27. The summed E-state index contributed by atoms with van der Waals surface area (Å²) < 4.78 is 62.4. The van der Waals surface area contributed by atoms with Crippen molar-refractivity contribution in [3.63, 3.8) is 0 Å². The molecule has 0 fully saturated rings. The number of rotatable bonds is 9. The van der Waals surface area contributed by atoms with E-state index in [2.05, 4.69) is 10.1 Å². The Bertz CT molecular complexity index is 1250. The lowest BCUT2D eigenvalue weighted by atomic mass is 10.1. The molecule has 1 N–H and O–H groups in total. The Balaban J connectivity index is 1.81. The summed E-state index contributed by atoms with van der Waals surface area (Å²) in [6.07, 6.45) is 0. The number of halogens is 2. The molecule has 0 radical (unpaired) electrons. The third-order valence-corrected chi connectivity index (χ3v) is 6.92. The second-order valence-electron chi connectivity index (χ2n) is 7.31. The molecule has 1 unspecified atom stereocenters. The summed E-state index contributed by atoms with van der Waals surface area (Å²) in [6, 6.07) is 17.5. The molecular formula is C24H24F2N2O5S. The highest BCUT2D eigenvalue weighted by molar-refractivity contribution is 7.92. The monoisotopic (exact) mass is 490 g/mol. The van der Waals surface area contributed by atoms with Crippen LogP contribution >= 0.6 is 0 Å². The van der Waals surface area contributed by atoms with E-state index in [1.54, 1.807) is 49.4 Å². The van der Waals surface area contributed by atoms with Gasteiger partial charge in [0.05, 0.1) is 23.7 Å². The number of anilines is 1. The first kappa shape index (κ1) is 25.0. The minimum absolute atomic E-state index is 0.0530. The zero-order valence-corrected chi connectivity index (χ0v) is 19.6. The molecule has 0 aromatic heterocycles. The van der Waals surface area contributed by atoms with Gasteiger partial charge in [-0.05, 0) is 55.5 Å². The lowest BCUT2D eigenvalue weighted by molar-refractivity contribution is -0.0506. The van der Waals surface area contributed by atoms with E-state index in [9.17, 15) is 22.0 Å². The average Bonchev–Trinajstić information content (AvgIpc) is 2.83. The molecule has 0 saturated carbocycles. The Morgan fingerprint density at radius 2 is 1.68 bits per heavy atom. The van der Waals surface area contributed by atoms with Gasteiger partial charge in [-0.3, -0.25) is 9.10 Å². The second-order valence-corrected chi connectivity index (χ2v) is 9.28. The van der Waals surface area contributed by atoms with Crippen molar-refractivity contribution in [1.29, 1.82) is 0 Å². The van der Waals surface area contributed by atoms with Crippen molar-refractivity contribution in [2.45, 2.75) is 24.5 Å². The van der Waals surface area contributed by atoms with E-state index in [0.717, 1.165) is 4.31 Å². The number of sulfonamides is 1. The van der Waals surface area contributed by atoms with Crippen LogP contribution in [0.2, 0.25) is 0 Å². The third-order valence-electron chi connectivity index (χ3n) is 5.14. The summed E-state index contributed by atoms with van der Waals surface area (Å²) in [5, 5.41) is 2.69. The van der Waals surface area contributed by atoms with Crippen LogP contribution in [-0.2, 0) is 10.0 Å². The molecule has 1 amide bonds. The molecule has 34 heavy (non-hydrogen) atoms. The maximum atomic E-state index is 13.1. The molecule has 180 valence electrons. The Hall–Kier alpha value is -3.66. The van der Waals surface area contributed by atoms with Gasteiger partial charge in [0, 0.05) is 18.2 Å². The van der Waals surface area contributed by atoms with Crippen LogP contribution in [0.15, 0.2) is 77.7 Å². The van der Waals surface area contributed by atoms with Crippen LogP contribution in [0.25, 0.3) is 0 Å². The standard InChI is InChI=1S/C24H24F2N2O5S/c1-16(21-9-4-5-10-22(21)33-24(25)26)27-23(29)17-7-6-8-20(15-17)34(30,31)28(2)18-11-13-19(32-3)14-12-18/h4-16,24H,1-3H3,(H,27,29). The van der Waals surface area contributed by atoms with Gasteiger partial charge in [0.1, 0.15) is 11.5 Å². The molecule has 0 aliphatic rings. The Kier molecular flexibility index (Phi) is 7.72. The minimum atomic E-state index is -3.96. The van der Waals surface area contributed by atoms with E-state index in [-0.39, 0.29) is 16.2 Å². The quantitative estimate of drug-likeness (QED) is 0.474. The van der Waals surface area contributed by atoms with Crippen LogP contribution in [0.4, 0.5) is 14.5 Å². The number of para-hydroxylation sites is 1. The molecule has 10 heteroatoms. The predicted molar refractivity (Wildman–Crippen MR) is 124 cm³/mol. The number of hydrogen-bond acceptors (Lipinski definition) is 5. The summed E-state index contributed by atoms with van der Waals surface area (Å²) in [7, 11) is -1.04. The Morgan fingerprint density at radius 3 is 2.32 bits per heavy atom. The molecule has 1 atom stereocenters. The van der Waals surface area contributed by atoms with E-state index in [1.165, 1.54) is 44.5 Å². The van der Waals surface area contributed by atoms with Gasteiger partial charge in [-0.2, -0.15) is 8.78 Å². The van der Waals surface area contributed by atoms with Crippen LogP contribution in [0.3, 0.4) is 0 Å². The van der Waals surface area contributed by atoms with E-state index >= 15 is 0 Å². The first-order chi connectivity index (χ1) is 16.1. The summed E-state index contributed by atoms with van der Waals surface area (Å²) in [6.45, 7) is -1.39. The molecular weight excluding hydrogens is 466 g/mol. The fourth-order valence-electron chi connectivity index (χ4n) is 3.29. The number of hydrogen-bond donors (Lipinski definition) is 1. The van der Waals surface area contributed by atoms with Crippen molar-refractivity contribution < 1.29 is 31.5 Å². The van der Waals surface area contributed by atoms with Gasteiger partial charge < -0.3 is 14.8 Å². The molecule has 0 aliphatic heterocycles. The van der Waals surface area contributed by atoms with Gasteiger partial charge in [-0.25, -0.2) is 8.42 Å². The van der Waals surface area contributed by atoms with Crippen molar-refractivity contribution in [3.05, 3.63) is 83.9 Å². The molecule has 3 aromatic rings. The number of amides is 1. The van der Waals surface area contributed by atoms with E-state index in [4.69, 9.17) is 4.74 Å². The molecule has 3 rings (SSSR count). The summed E-state index contributed by atoms with van der Waals surface area (Å²) in [4.78, 5) is 12.8. The van der Waals surface area contributed by atoms with Gasteiger partial charge in [0.15, 0.2) is 0 Å². The zero-order valence-electron chi connectivity index (χ0n) is 18.7. The number of ether oxygens (including phenoxy) is 2. The predicted octanol–water partition coefficient (Wildman–Crippen LogP) is 4.61. The van der Waals surface area contributed by atoms with Gasteiger partial charge in [0.2, 0.25) is 0 Å². The van der Waals surface area contributed by atoms with Crippen LogP contribution in [0.5, 0.6) is 11.5 Å². The number of nitrogens with one attached hydrogen (secondary N) is 1. The van der Waals surface area contributed by atoms with Crippen LogP contribution < -0.4 is 19.1 Å². The number of nitrogens with zero attached hydrogens (tertiary/aromatic N) is 1. The number of carbonyl (C=O) groups excluding carboxylic acids is 1. The van der Waals surface area contributed by atoms with Crippen LogP contribution in [-0.4, -0.2) is 35.1 Å². The third kappa shape index (κ3) is 5.63. The van der Waals surface area contributed by atoms with Gasteiger partial charge >= 0.3 is 6.61 Å². The van der Waals surface area contributed by atoms with Gasteiger partial charge in [-0.15, -0.1) is 0 Å². The van der Waals surface area contributed by atoms with Crippen LogP contribution in [0, 0.1) is 0 Å². The molecule has 3 aromatic carbocycles. The van der Waals surface area contributed by atoms with Gasteiger partial charge in [-0.1, -0.05) is 24.3 Å². The number of alkyl halides is 2. The van der Waals surface area contributed by atoms with Crippen LogP contribution in [0.1, 0.15) is 28.9 Å². The molecule has 0 spiro atoms. The maximum absolute atomic E-state index is 13.1. The van der Waals surface area contributed by atoms with E-state index < -0.39 is 28.6 Å². The molecule has 7 nitrogen and oxygen atoms in total. The average molecular weight is 491 g/mol. The maximum Gasteiger partial charge on any atom is 0.387 e. The molecule has 0 bridgehead atoms. The van der Waals surface area contributed by atoms with E-state index in [0.29, 0.717) is 17.0 Å². The molecule has 0 saturated heterocycles. The number of methoxy groups -OCH3 is 1. The van der Waals surface area contributed by atoms with E-state index in [1.807, 2.05) is 0 Å². The number of carbonyl (C=O) groups is 1. The fourth-order valence-corrected chi connectivity index (χ4v) is 4.53. The fraction of sp³-hybridized carbons (Fsp3) is 0.208. The Morgan fingerprint density at radius 1 is 1.00 bits per heavy atom. The first-order valence-corrected chi connectivity index (χ1v) is 11.6. The minimum Gasteiger partial charge on any atom is -0.497 e. The normalized spacial score (nSPS) is 12.2. The van der Waals surface area contributed by atoms with Crippen molar-refractivity contribution >= 4 is 21.6 Å². The lowest BCUT2D eigenvalue weighted by Gasteiger charge is -2.21. The zero-order chi connectivity index (χ0) is 24.9. The van der Waals surface area contributed by atoms with Crippen molar-refractivity contribution in [3.8, 4) is 11.5 Å². The van der Waals surface area contributed by atoms with Crippen molar-refractivity contribution in [2.24, 2.45) is 0 Å². The smallest absolute Gasteiger partial charge is 0.387 e. The Labute approximate surface area is 197 Å². The summed E-state index contributed by atoms with van der Waals surface area (Å²) in [5.41, 5.74) is 0.877.